The highest BCUT2D eigenvalue weighted by Crippen LogP contribution is 2.60. The lowest BCUT2D eigenvalue weighted by atomic mass is 9.65. The minimum atomic E-state index is -0.611. The molecule has 0 radical (unpaired) electrons. The molecule has 2 atom stereocenters. The third-order valence-corrected chi connectivity index (χ3v) is 16.2. The Morgan fingerprint density at radius 2 is 0.658 bits per heavy atom. The maximum Gasteiger partial charge on any atom is 0.0714 e. The second-order valence-corrected chi connectivity index (χ2v) is 23.8. The Hall–Kier alpha value is -7.74. The lowest BCUT2D eigenvalue weighted by molar-refractivity contribution is 0.564. The first-order chi connectivity index (χ1) is 35.1. The SMILES string of the molecule is CC(C)(C)c1cccc(C2(c3ccccc3)c3ccccc3-c3ccc(N(c4ccc5c(c4)C(c4ccccc4)(c4cc(C(C)(C)C)cc(C(C)(C)C)c4)c4ccccc4-5)c4ccc5ccccc5c4)cc32)c1. The molecule has 1 nitrogen and oxygen atoms in total. The van der Waals surface area contributed by atoms with Crippen molar-refractivity contribution in [2.24, 2.45) is 0 Å². The van der Waals surface area contributed by atoms with Crippen LogP contribution >= 0.6 is 0 Å². The van der Waals surface area contributed by atoms with E-state index in [4.69, 9.17) is 0 Å². The first kappa shape index (κ1) is 46.3. The Bertz CT molecular complexity index is 3710. The quantitative estimate of drug-likeness (QED) is 0.154. The van der Waals surface area contributed by atoms with Gasteiger partial charge in [-0.2, -0.15) is 0 Å². The van der Waals surface area contributed by atoms with Crippen LogP contribution in [0.5, 0.6) is 0 Å². The van der Waals surface area contributed by atoms with Crippen molar-refractivity contribution in [2.45, 2.75) is 89.4 Å². The van der Waals surface area contributed by atoms with Gasteiger partial charge in [0.25, 0.3) is 0 Å². The minimum absolute atomic E-state index is 0.0336. The highest BCUT2D eigenvalue weighted by Gasteiger charge is 2.49. The second kappa shape index (κ2) is 16.9. The van der Waals surface area contributed by atoms with E-state index in [1.54, 1.807) is 0 Å². The predicted octanol–water partition coefficient (Wildman–Crippen LogP) is 18.9. The smallest absolute Gasteiger partial charge is 0.0714 e. The van der Waals surface area contributed by atoms with Gasteiger partial charge in [0.2, 0.25) is 0 Å². The summed E-state index contributed by atoms with van der Waals surface area (Å²) >= 11 is 0. The summed E-state index contributed by atoms with van der Waals surface area (Å²) in [6.07, 6.45) is 0. The van der Waals surface area contributed by atoms with Crippen LogP contribution < -0.4 is 4.90 Å². The molecule has 0 spiro atoms. The molecule has 73 heavy (non-hydrogen) atoms. The van der Waals surface area contributed by atoms with Crippen molar-refractivity contribution >= 4 is 27.8 Å². The summed E-state index contributed by atoms with van der Waals surface area (Å²) in [4.78, 5) is 2.53. The summed E-state index contributed by atoms with van der Waals surface area (Å²) in [5.41, 5.74) is 21.4. The molecule has 10 aromatic rings. The molecule has 0 saturated heterocycles. The van der Waals surface area contributed by atoms with Gasteiger partial charge in [0, 0.05) is 17.1 Å². The van der Waals surface area contributed by atoms with Crippen LogP contribution in [0.3, 0.4) is 0 Å². The van der Waals surface area contributed by atoms with Crippen molar-refractivity contribution in [3.63, 3.8) is 0 Å². The zero-order valence-electron chi connectivity index (χ0n) is 43.9. The Morgan fingerprint density at radius 1 is 0.260 bits per heavy atom. The van der Waals surface area contributed by atoms with Crippen LogP contribution in [0.2, 0.25) is 0 Å². The summed E-state index contributed by atoms with van der Waals surface area (Å²) in [6.45, 7) is 21.1. The molecular weight excluding hydrogens is 879 g/mol. The highest BCUT2D eigenvalue weighted by atomic mass is 15.1. The molecule has 0 amide bonds. The first-order valence-electron chi connectivity index (χ1n) is 26.2. The van der Waals surface area contributed by atoms with Crippen molar-refractivity contribution in [2.75, 3.05) is 4.90 Å². The van der Waals surface area contributed by atoms with Crippen LogP contribution in [-0.2, 0) is 27.1 Å². The van der Waals surface area contributed by atoms with Gasteiger partial charge in [0.05, 0.1) is 10.8 Å². The topological polar surface area (TPSA) is 3.24 Å². The third-order valence-electron chi connectivity index (χ3n) is 16.2. The largest absolute Gasteiger partial charge is 0.310 e. The van der Waals surface area contributed by atoms with Gasteiger partial charge in [-0.05, 0) is 147 Å². The van der Waals surface area contributed by atoms with Crippen LogP contribution in [0.25, 0.3) is 33.0 Å². The first-order valence-corrected chi connectivity index (χ1v) is 26.2. The Labute approximate surface area is 433 Å². The number of hydrogen-bond acceptors (Lipinski definition) is 1. The van der Waals surface area contributed by atoms with E-state index in [9.17, 15) is 0 Å². The Kier molecular flexibility index (Phi) is 10.7. The predicted molar refractivity (Wildman–Crippen MR) is 309 cm³/mol. The van der Waals surface area contributed by atoms with E-state index in [0.29, 0.717) is 0 Å². The molecule has 0 aliphatic heterocycles. The Balaban J connectivity index is 1.17. The molecule has 12 rings (SSSR count). The molecule has 2 unspecified atom stereocenters. The molecular formula is C72H65N. The molecule has 0 heterocycles. The van der Waals surface area contributed by atoms with Gasteiger partial charge in [-0.25, -0.2) is 0 Å². The van der Waals surface area contributed by atoms with E-state index in [-0.39, 0.29) is 16.2 Å². The van der Waals surface area contributed by atoms with Crippen molar-refractivity contribution in [3.05, 3.63) is 292 Å². The lowest BCUT2D eigenvalue weighted by Crippen LogP contribution is -2.30. The minimum Gasteiger partial charge on any atom is -0.310 e. The second-order valence-electron chi connectivity index (χ2n) is 23.8. The summed E-state index contributed by atoms with van der Waals surface area (Å²) in [5.74, 6) is 0. The fourth-order valence-electron chi connectivity index (χ4n) is 12.5. The lowest BCUT2D eigenvalue weighted by Gasteiger charge is -2.37. The van der Waals surface area contributed by atoms with E-state index in [1.807, 2.05) is 0 Å². The summed E-state index contributed by atoms with van der Waals surface area (Å²) < 4.78 is 0. The van der Waals surface area contributed by atoms with Gasteiger partial charge in [0.1, 0.15) is 0 Å². The number of nitrogens with zero attached hydrogens (tertiary/aromatic N) is 1. The van der Waals surface area contributed by atoms with Crippen LogP contribution in [0.4, 0.5) is 17.1 Å². The summed E-state index contributed by atoms with van der Waals surface area (Å²) in [5, 5.41) is 2.43. The van der Waals surface area contributed by atoms with E-state index in [0.717, 1.165) is 17.1 Å². The van der Waals surface area contributed by atoms with Crippen molar-refractivity contribution in [3.8, 4) is 22.3 Å². The summed E-state index contributed by atoms with van der Waals surface area (Å²) in [6, 6.07) is 88.1. The molecule has 0 aromatic heterocycles. The number of hydrogen-bond donors (Lipinski definition) is 0. The van der Waals surface area contributed by atoms with Crippen LogP contribution in [0, 0.1) is 0 Å². The standard InChI is InChI=1S/C72H65N/c1-68(2,3)52-29-22-30-53(42-52)71(50-25-12-10-13-26-50)64-33-20-18-31-60(64)62-39-37-58(46-66(62)71)73(57-36-35-48-23-16-17-24-49(48)41-57)59-38-40-63-61-32-19-21-34-65(61)72(67(63)47-59,51-27-14-11-15-28-51)56-44-54(69(4,5)6)43-55(45-56)70(7,8)9/h10-47H,1-9H3. The van der Waals surface area contributed by atoms with Crippen LogP contribution in [0.15, 0.2) is 231 Å². The molecule has 358 valence electrons. The third kappa shape index (κ3) is 7.34. The van der Waals surface area contributed by atoms with Crippen molar-refractivity contribution < 1.29 is 0 Å². The monoisotopic (exact) mass is 944 g/mol. The zero-order chi connectivity index (χ0) is 50.5. The van der Waals surface area contributed by atoms with Crippen LogP contribution in [0.1, 0.15) is 124 Å². The van der Waals surface area contributed by atoms with Gasteiger partial charge in [0.15, 0.2) is 0 Å². The van der Waals surface area contributed by atoms with Gasteiger partial charge < -0.3 is 4.90 Å². The molecule has 1 heteroatoms. The van der Waals surface area contributed by atoms with Crippen molar-refractivity contribution in [1.82, 2.24) is 0 Å². The molecule has 0 bridgehead atoms. The Morgan fingerprint density at radius 3 is 1.18 bits per heavy atom. The highest BCUT2D eigenvalue weighted by molar-refractivity contribution is 5.94. The molecule has 0 saturated carbocycles. The fraction of sp³-hybridized carbons (Fsp3) is 0.194. The maximum absolute atomic E-state index is 2.54. The van der Waals surface area contributed by atoms with Gasteiger partial charge in [-0.1, -0.05) is 256 Å². The number of fused-ring (bicyclic) bond motifs is 7. The average Bonchev–Trinajstić information content (AvgIpc) is 3.86. The van der Waals surface area contributed by atoms with Crippen molar-refractivity contribution in [1.29, 1.82) is 0 Å². The fourth-order valence-corrected chi connectivity index (χ4v) is 12.5. The van der Waals surface area contributed by atoms with E-state index in [2.05, 4.69) is 298 Å². The van der Waals surface area contributed by atoms with Gasteiger partial charge in [-0.15, -0.1) is 0 Å². The maximum atomic E-state index is 2.54. The van der Waals surface area contributed by atoms with Crippen LogP contribution in [-0.4, -0.2) is 0 Å². The van der Waals surface area contributed by atoms with E-state index in [1.165, 1.54) is 94.2 Å². The number of anilines is 3. The van der Waals surface area contributed by atoms with E-state index >= 15 is 0 Å². The van der Waals surface area contributed by atoms with Gasteiger partial charge >= 0.3 is 0 Å². The summed E-state index contributed by atoms with van der Waals surface area (Å²) in [7, 11) is 0. The molecule has 2 aliphatic rings. The normalized spacial score (nSPS) is 16.9. The molecule has 0 fully saturated rings. The number of benzene rings is 10. The van der Waals surface area contributed by atoms with E-state index < -0.39 is 10.8 Å². The van der Waals surface area contributed by atoms with Gasteiger partial charge in [-0.3, -0.25) is 0 Å². The molecule has 0 N–H and O–H groups in total. The average molecular weight is 944 g/mol. The molecule has 2 aliphatic carbocycles. The zero-order valence-corrected chi connectivity index (χ0v) is 43.9. The number of rotatable bonds is 7. The molecule has 10 aromatic carbocycles.